The fourth-order valence-corrected chi connectivity index (χ4v) is 1.27. The second-order valence-electron chi connectivity index (χ2n) is 2.42. The van der Waals surface area contributed by atoms with Gasteiger partial charge in [-0.3, -0.25) is 0 Å². The minimum atomic E-state index is -2.98. The maximum absolute atomic E-state index is 13.1. The van der Waals surface area contributed by atoms with Gasteiger partial charge in [-0.15, -0.1) is 0 Å². The summed E-state index contributed by atoms with van der Waals surface area (Å²) in [7, 11) is 0. The molecule has 0 aromatic heterocycles. The third-order valence-electron chi connectivity index (χ3n) is 1.54. The highest BCUT2D eigenvalue weighted by Crippen LogP contribution is 2.27. The largest absolute Gasteiger partial charge is 0.382 e. The van der Waals surface area contributed by atoms with Crippen molar-refractivity contribution in [2.24, 2.45) is 0 Å². The molecule has 0 heterocycles. The van der Waals surface area contributed by atoms with E-state index < -0.39 is 23.9 Å². The highest BCUT2D eigenvalue weighted by atomic mass is 79.9. The molecule has 0 radical (unpaired) electrons. The van der Waals surface area contributed by atoms with Crippen LogP contribution in [0.5, 0.6) is 0 Å². The zero-order valence-corrected chi connectivity index (χ0v) is 7.93. The molecule has 1 aromatic carbocycles. The Labute approximate surface area is 81.3 Å². The van der Waals surface area contributed by atoms with Gasteiger partial charge in [0.15, 0.2) is 0 Å². The van der Waals surface area contributed by atoms with Crippen molar-refractivity contribution in [2.75, 3.05) is 0 Å². The molecule has 13 heavy (non-hydrogen) atoms. The molecule has 1 nitrogen and oxygen atoms in total. The summed E-state index contributed by atoms with van der Waals surface area (Å²) in [5.41, 5.74) is -0.399. The van der Waals surface area contributed by atoms with Gasteiger partial charge in [-0.25, -0.2) is 13.2 Å². The van der Waals surface area contributed by atoms with Crippen LogP contribution < -0.4 is 0 Å². The quantitative estimate of drug-likeness (QED) is 0.861. The summed E-state index contributed by atoms with van der Waals surface area (Å²) in [5, 5.41) is 8.89. The van der Waals surface area contributed by atoms with Crippen LogP contribution in [0.15, 0.2) is 22.7 Å². The van der Waals surface area contributed by atoms with Crippen LogP contribution in [0.2, 0.25) is 0 Å². The molecule has 0 saturated carbocycles. The Morgan fingerprint density at radius 3 is 2.46 bits per heavy atom. The molecule has 1 aromatic rings. The predicted molar refractivity (Wildman–Crippen MR) is 45.1 cm³/mol. The Bertz CT molecular complexity index is 303. The smallest absolute Gasteiger partial charge is 0.268 e. The van der Waals surface area contributed by atoms with Crippen LogP contribution in [-0.2, 0) is 0 Å². The summed E-state index contributed by atoms with van der Waals surface area (Å²) in [6.07, 6.45) is -5.05. The molecule has 0 bridgehead atoms. The average molecular weight is 255 g/mol. The van der Waals surface area contributed by atoms with E-state index in [1.54, 1.807) is 0 Å². The van der Waals surface area contributed by atoms with Gasteiger partial charge in [0.1, 0.15) is 11.9 Å². The maximum Gasteiger partial charge on any atom is 0.268 e. The van der Waals surface area contributed by atoms with Crippen molar-refractivity contribution < 1.29 is 18.3 Å². The van der Waals surface area contributed by atoms with Gasteiger partial charge in [-0.2, -0.15) is 0 Å². The van der Waals surface area contributed by atoms with Crippen LogP contribution in [0.1, 0.15) is 11.7 Å². The van der Waals surface area contributed by atoms with Crippen LogP contribution in [0, 0.1) is 5.82 Å². The summed E-state index contributed by atoms with van der Waals surface area (Å²) in [4.78, 5) is 0. The lowest BCUT2D eigenvalue weighted by Gasteiger charge is -2.10. The molecule has 0 spiro atoms. The normalized spacial score (nSPS) is 13.4. The number of aliphatic hydroxyl groups excluding tert-OH is 1. The first-order valence-corrected chi connectivity index (χ1v) is 4.23. The monoisotopic (exact) mass is 254 g/mol. The zero-order valence-electron chi connectivity index (χ0n) is 6.35. The SMILES string of the molecule is OC(c1cccc(Br)c1F)C(F)F. The van der Waals surface area contributed by atoms with Gasteiger partial charge in [-0.1, -0.05) is 12.1 Å². The zero-order chi connectivity index (χ0) is 10.0. The molecule has 72 valence electrons. The Balaban J connectivity index is 3.07. The first-order chi connectivity index (χ1) is 6.04. The molecular formula is C8H6BrF3O. The van der Waals surface area contributed by atoms with Gasteiger partial charge >= 0.3 is 0 Å². The van der Waals surface area contributed by atoms with Crippen molar-refractivity contribution in [3.8, 4) is 0 Å². The number of rotatable bonds is 2. The minimum Gasteiger partial charge on any atom is -0.382 e. The lowest BCUT2D eigenvalue weighted by atomic mass is 10.1. The second-order valence-corrected chi connectivity index (χ2v) is 3.28. The van der Waals surface area contributed by atoms with Crippen molar-refractivity contribution in [2.45, 2.75) is 12.5 Å². The Hall–Kier alpha value is -0.550. The fourth-order valence-electron chi connectivity index (χ4n) is 0.885. The van der Waals surface area contributed by atoms with Crippen LogP contribution in [-0.4, -0.2) is 11.5 Å². The van der Waals surface area contributed by atoms with Crippen molar-refractivity contribution in [1.29, 1.82) is 0 Å². The molecule has 5 heteroatoms. The third-order valence-corrected chi connectivity index (χ3v) is 2.15. The molecule has 0 aliphatic carbocycles. The van der Waals surface area contributed by atoms with Gasteiger partial charge in [-0.05, 0) is 22.0 Å². The number of halogens is 4. The van der Waals surface area contributed by atoms with Gasteiger partial charge in [0.2, 0.25) is 0 Å². The number of hydrogen-bond donors (Lipinski definition) is 1. The summed E-state index contributed by atoms with van der Waals surface area (Å²) in [6, 6.07) is 3.88. The predicted octanol–water partition coefficient (Wildman–Crippen LogP) is 2.89. The first kappa shape index (κ1) is 10.5. The molecule has 0 aliphatic heterocycles. The Morgan fingerprint density at radius 1 is 1.31 bits per heavy atom. The van der Waals surface area contributed by atoms with E-state index in [1.165, 1.54) is 12.1 Å². The second kappa shape index (κ2) is 4.11. The maximum atomic E-state index is 13.1. The van der Waals surface area contributed by atoms with Crippen LogP contribution in [0.4, 0.5) is 13.2 Å². The van der Waals surface area contributed by atoms with E-state index in [4.69, 9.17) is 5.11 Å². The minimum absolute atomic E-state index is 0.0599. The molecule has 1 atom stereocenters. The van der Waals surface area contributed by atoms with Crippen LogP contribution in [0.3, 0.4) is 0 Å². The van der Waals surface area contributed by atoms with Gasteiger partial charge in [0.05, 0.1) is 4.47 Å². The molecule has 1 N–H and O–H groups in total. The summed E-state index contributed by atoms with van der Waals surface area (Å²) < 4.78 is 37.1. The summed E-state index contributed by atoms with van der Waals surface area (Å²) in [5.74, 6) is -0.852. The third kappa shape index (κ3) is 2.22. The van der Waals surface area contributed by atoms with Crippen molar-refractivity contribution in [1.82, 2.24) is 0 Å². The molecule has 0 aliphatic rings. The number of hydrogen-bond acceptors (Lipinski definition) is 1. The van der Waals surface area contributed by atoms with Crippen LogP contribution in [0.25, 0.3) is 0 Å². The first-order valence-electron chi connectivity index (χ1n) is 3.44. The van der Waals surface area contributed by atoms with E-state index in [0.29, 0.717) is 0 Å². The van der Waals surface area contributed by atoms with Crippen molar-refractivity contribution in [3.05, 3.63) is 34.1 Å². The van der Waals surface area contributed by atoms with E-state index in [0.717, 1.165) is 6.07 Å². The Kier molecular flexibility index (Phi) is 3.33. The molecule has 0 amide bonds. The lowest BCUT2D eigenvalue weighted by Crippen LogP contribution is -2.10. The van der Waals surface area contributed by atoms with E-state index in [1.807, 2.05) is 0 Å². The summed E-state index contributed by atoms with van der Waals surface area (Å²) in [6.45, 7) is 0. The summed E-state index contributed by atoms with van der Waals surface area (Å²) >= 11 is 2.83. The molecular weight excluding hydrogens is 249 g/mol. The van der Waals surface area contributed by atoms with E-state index >= 15 is 0 Å². The Morgan fingerprint density at radius 2 is 1.92 bits per heavy atom. The number of benzene rings is 1. The highest BCUT2D eigenvalue weighted by Gasteiger charge is 2.23. The van der Waals surface area contributed by atoms with E-state index in [2.05, 4.69) is 15.9 Å². The van der Waals surface area contributed by atoms with E-state index in [-0.39, 0.29) is 4.47 Å². The topological polar surface area (TPSA) is 20.2 Å². The molecule has 0 fully saturated rings. The lowest BCUT2D eigenvalue weighted by molar-refractivity contribution is -0.00777. The van der Waals surface area contributed by atoms with Gasteiger partial charge < -0.3 is 5.11 Å². The molecule has 0 saturated heterocycles. The van der Waals surface area contributed by atoms with Gasteiger partial charge in [0.25, 0.3) is 6.43 Å². The van der Waals surface area contributed by atoms with Crippen molar-refractivity contribution in [3.63, 3.8) is 0 Å². The standard InChI is InChI=1S/C8H6BrF3O/c9-5-3-1-2-4(6(5)10)7(13)8(11)12/h1-3,7-8,13H. The molecule has 1 unspecified atom stereocenters. The van der Waals surface area contributed by atoms with Gasteiger partial charge in [0, 0.05) is 5.56 Å². The number of aliphatic hydroxyl groups is 1. The molecule has 1 rings (SSSR count). The fraction of sp³-hybridized carbons (Fsp3) is 0.250. The van der Waals surface area contributed by atoms with Crippen LogP contribution >= 0.6 is 15.9 Å². The number of alkyl halides is 2. The average Bonchev–Trinajstić information content (AvgIpc) is 2.08. The van der Waals surface area contributed by atoms with E-state index in [9.17, 15) is 13.2 Å². The highest BCUT2D eigenvalue weighted by molar-refractivity contribution is 9.10. The van der Waals surface area contributed by atoms with Crippen molar-refractivity contribution >= 4 is 15.9 Å².